The smallest absolute Gasteiger partial charge is 0.322 e. The molecule has 0 aliphatic rings. The summed E-state index contributed by atoms with van der Waals surface area (Å²) >= 11 is 12.4. The Hall–Kier alpha value is -4.21. The van der Waals surface area contributed by atoms with E-state index in [2.05, 4.69) is 10.6 Å². The Morgan fingerprint density at radius 2 is 1.68 bits per heavy atom. The van der Waals surface area contributed by atoms with E-state index >= 15 is 0 Å². The Morgan fingerprint density at radius 1 is 0.927 bits per heavy atom. The third kappa shape index (κ3) is 7.50. The minimum Gasteiger partial charge on any atom is -0.497 e. The number of nitrogens with zero attached hydrogens (tertiary/aromatic N) is 3. The highest BCUT2D eigenvalue weighted by atomic mass is 35.5. The van der Waals surface area contributed by atoms with Gasteiger partial charge in [0.1, 0.15) is 23.9 Å². The maximum Gasteiger partial charge on any atom is 0.322 e. The summed E-state index contributed by atoms with van der Waals surface area (Å²) in [4.78, 5) is 28.1. The Bertz CT molecular complexity index is 1520. The van der Waals surface area contributed by atoms with Gasteiger partial charge in [0.05, 0.1) is 41.3 Å². The van der Waals surface area contributed by atoms with Crippen LogP contribution in [0.3, 0.4) is 0 Å². The van der Waals surface area contributed by atoms with Gasteiger partial charge >= 0.3 is 6.03 Å². The summed E-state index contributed by atoms with van der Waals surface area (Å²) in [5, 5.41) is 11.2. The molecule has 0 saturated heterocycles. The summed E-state index contributed by atoms with van der Waals surface area (Å²) in [5.74, 6) is 1.15. The number of ether oxygens (including phenoxy) is 2. The lowest BCUT2D eigenvalue weighted by molar-refractivity contribution is -0.116. The van der Waals surface area contributed by atoms with Crippen molar-refractivity contribution in [2.45, 2.75) is 13.8 Å². The van der Waals surface area contributed by atoms with Gasteiger partial charge in [-0.25, -0.2) is 9.48 Å². The molecule has 0 radical (unpaired) electrons. The second-order valence-electron chi connectivity index (χ2n) is 9.61. The summed E-state index contributed by atoms with van der Waals surface area (Å²) < 4.78 is 12.2. The van der Waals surface area contributed by atoms with Crippen molar-refractivity contribution in [2.24, 2.45) is 5.92 Å². The van der Waals surface area contributed by atoms with Crippen molar-refractivity contribution in [1.29, 1.82) is 0 Å². The van der Waals surface area contributed by atoms with Gasteiger partial charge in [-0.05, 0) is 36.2 Å². The van der Waals surface area contributed by atoms with Gasteiger partial charge in [-0.2, -0.15) is 5.10 Å². The van der Waals surface area contributed by atoms with Gasteiger partial charge in [-0.15, -0.1) is 0 Å². The molecule has 3 amide bonds. The number of hydrogen-bond acceptors (Lipinski definition) is 5. The molecule has 2 N–H and O–H groups in total. The van der Waals surface area contributed by atoms with Crippen LogP contribution in [0.1, 0.15) is 13.8 Å². The highest BCUT2D eigenvalue weighted by Crippen LogP contribution is 2.30. The van der Waals surface area contributed by atoms with Gasteiger partial charge in [-0.3, -0.25) is 4.79 Å². The number of rotatable bonds is 10. The van der Waals surface area contributed by atoms with Crippen LogP contribution in [0.5, 0.6) is 11.5 Å². The van der Waals surface area contributed by atoms with Gasteiger partial charge in [0, 0.05) is 24.2 Å². The van der Waals surface area contributed by atoms with Crippen LogP contribution >= 0.6 is 23.2 Å². The van der Waals surface area contributed by atoms with Gasteiger partial charge in [0.15, 0.2) is 0 Å². The zero-order chi connectivity index (χ0) is 29.5. The van der Waals surface area contributed by atoms with Crippen molar-refractivity contribution in [2.75, 3.05) is 37.9 Å². The highest BCUT2D eigenvalue weighted by molar-refractivity contribution is 6.42. The van der Waals surface area contributed by atoms with Crippen LogP contribution in [0.15, 0.2) is 72.8 Å². The number of halogens is 2. The lowest BCUT2D eigenvalue weighted by atomic mass is 10.1. The van der Waals surface area contributed by atoms with Gasteiger partial charge in [-0.1, -0.05) is 67.4 Å². The molecule has 0 unspecified atom stereocenters. The molecule has 11 heteroatoms. The van der Waals surface area contributed by atoms with Crippen molar-refractivity contribution in [3.05, 3.63) is 82.8 Å². The summed E-state index contributed by atoms with van der Waals surface area (Å²) in [7, 11) is 3.05. The molecular weight excluding hydrogens is 565 g/mol. The first kappa shape index (κ1) is 29.8. The van der Waals surface area contributed by atoms with Crippen LogP contribution in [-0.4, -0.2) is 53.9 Å². The molecule has 4 aromatic rings. The molecule has 1 heterocycles. The lowest BCUT2D eigenvalue weighted by Gasteiger charge is -2.25. The molecule has 0 aliphatic heterocycles. The molecule has 0 saturated carbocycles. The second kappa shape index (κ2) is 13.4. The summed E-state index contributed by atoms with van der Waals surface area (Å²) in [6.45, 7) is 4.09. The number of urea groups is 1. The SMILES string of the molecule is COc1ccc(NC(=O)N(CC(=O)Nc2cc(-c3ccccc3)nn2-c2ccc(Cl)c(Cl)c2)CC(C)C)c(OC)c1. The highest BCUT2D eigenvalue weighted by Gasteiger charge is 2.22. The van der Waals surface area contributed by atoms with Gasteiger partial charge in [0.25, 0.3) is 0 Å². The van der Waals surface area contributed by atoms with Crippen LogP contribution in [0.4, 0.5) is 16.3 Å². The number of anilines is 2. The molecule has 0 fully saturated rings. The first-order valence-electron chi connectivity index (χ1n) is 12.9. The maximum absolute atomic E-state index is 13.4. The van der Waals surface area contributed by atoms with Crippen molar-refractivity contribution in [3.8, 4) is 28.4 Å². The zero-order valence-corrected chi connectivity index (χ0v) is 24.7. The molecule has 0 bridgehead atoms. The van der Waals surface area contributed by atoms with Crippen LogP contribution < -0.4 is 20.1 Å². The number of benzene rings is 3. The van der Waals surface area contributed by atoms with E-state index in [4.69, 9.17) is 37.8 Å². The molecule has 1 aromatic heterocycles. The predicted molar refractivity (Wildman–Crippen MR) is 163 cm³/mol. The average molecular weight is 597 g/mol. The Morgan fingerprint density at radius 3 is 2.34 bits per heavy atom. The van der Waals surface area contributed by atoms with E-state index in [-0.39, 0.29) is 12.5 Å². The van der Waals surface area contributed by atoms with Crippen molar-refractivity contribution in [3.63, 3.8) is 0 Å². The summed E-state index contributed by atoms with van der Waals surface area (Å²) in [6.07, 6.45) is 0. The van der Waals surface area contributed by atoms with E-state index in [0.29, 0.717) is 51.0 Å². The molecule has 0 spiro atoms. The largest absolute Gasteiger partial charge is 0.497 e. The van der Waals surface area contributed by atoms with E-state index in [1.54, 1.807) is 54.3 Å². The minimum atomic E-state index is -0.444. The quantitative estimate of drug-likeness (QED) is 0.206. The van der Waals surface area contributed by atoms with Crippen LogP contribution in [0.25, 0.3) is 16.9 Å². The van der Waals surface area contributed by atoms with E-state index < -0.39 is 11.9 Å². The molecule has 3 aromatic carbocycles. The summed E-state index contributed by atoms with van der Waals surface area (Å²) in [5.41, 5.74) is 2.59. The Labute approximate surface area is 249 Å². The molecule has 0 aliphatic carbocycles. The normalized spacial score (nSPS) is 10.8. The predicted octanol–water partition coefficient (Wildman–Crippen LogP) is 6.99. The number of methoxy groups -OCH3 is 2. The minimum absolute atomic E-state index is 0.109. The fourth-order valence-electron chi connectivity index (χ4n) is 4.15. The molecular formula is C30H31Cl2N5O4. The van der Waals surface area contributed by atoms with E-state index in [1.165, 1.54) is 12.0 Å². The number of amides is 3. The lowest BCUT2D eigenvalue weighted by Crippen LogP contribution is -2.42. The third-order valence-electron chi connectivity index (χ3n) is 6.05. The number of hydrogen-bond donors (Lipinski definition) is 2. The third-order valence-corrected chi connectivity index (χ3v) is 6.79. The average Bonchev–Trinajstić information content (AvgIpc) is 3.38. The number of carbonyl (C=O) groups is 2. The fourth-order valence-corrected chi connectivity index (χ4v) is 4.44. The zero-order valence-electron chi connectivity index (χ0n) is 23.2. The number of carbonyl (C=O) groups excluding carboxylic acids is 2. The van der Waals surface area contributed by atoms with Gasteiger partial charge in [0.2, 0.25) is 5.91 Å². The molecule has 4 rings (SSSR count). The molecule has 41 heavy (non-hydrogen) atoms. The van der Waals surface area contributed by atoms with E-state index in [9.17, 15) is 9.59 Å². The van der Waals surface area contributed by atoms with E-state index in [0.717, 1.165) is 5.56 Å². The standard InChI is InChI=1S/C30H31Cl2N5O4/c1-19(2)17-36(30(39)33-25-13-11-22(40-3)15-27(25)41-4)18-29(38)34-28-16-26(20-8-6-5-7-9-20)35-37(28)21-10-12-23(31)24(32)14-21/h5-16,19H,17-18H2,1-4H3,(H,33,39)(H,34,38). The van der Waals surface area contributed by atoms with Crippen LogP contribution in [0.2, 0.25) is 10.0 Å². The van der Waals surface area contributed by atoms with Crippen molar-refractivity contribution >= 4 is 46.6 Å². The van der Waals surface area contributed by atoms with E-state index in [1.807, 2.05) is 44.2 Å². The van der Waals surface area contributed by atoms with Crippen molar-refractivity contribution < 1.29 is 19.1 Å². The first-order valence-corrected chi connectivity index (χ1v) is 13.6. The maximum atomic E-state index is 13.4. The Balaban J connectivity index is 1.58. The Kier molecular flexibility index (Phi) is 9.75. The number of aromatic nitrogens is 2. The van der Waals surface area contributed by atoms with Crippen molar-refractivity contribution in [1.82, 2.24) is 14.7 Å². The topological polar surface area (TPSA) is 97.7 Å². The van der Waals surface area contributed by atoms with Crippen LogP contribution in [-0.2, 0) is 4.79 Å². The monoisotopic (exact) mass is 595 g/mol. The number of nitrogens with one attached hydrogen (secondary N) is 2. The fraction of sp³-hybridized carbons (Fsp3) is 0.233. The molecule has 214 valence electrons. The second-order valence-corrected chi connectivity index (χ2v) is 10.4. The van der Waals surface area contributed by atoms with Gasteiger partial charge < -0.3 is 25.0 Å². The molecule has 0 atom stereocenters. The first-order chi connectivity index (χ1) is 19.7. The molecule has 9 nitrogen and oxygen atoms in total. The summed E-state index contributed by atoms with van der Waals surface area (Å²) in [6, 6.07) is 21.1. The van der Waals surface area contributed by atoms with Crippen LogP contribution in [0, 0.1) is 5.92 Å².